The van der Waals surface area contributed by atoms with E-state index in [1.807, 2.05) is 92.0 Å². The predicted molar refractivity (Wildman–Crippen MR) is 154 cm³/mol. The first kappa shape index (κ1) is 27.0. The van der Waals surface area contributed by atoms with Crippen LogP contribution in [-0.4, -0.2) is 43.1 Å². The lowest BCUT2D eigenvalue weighted by Gasteiger charge is -2.16. The molecule has 0 radical (unpaired) electrons. The quantitative estimate of drug-likeness (QED) is 0.129. The van der Waals surface area contributed by atoms with E-state index in [0.717, 1.165) is 44.2 Å². The summed E-state index contributed by atoms with van der Waals surface area (Å²) in [5.74, 6) is -0.00101. The van der Waals surface area contributed by atoms with Gasteiger partial charge in [0, 0.05) is 35.9 Å². The molecule has 2 aliphatic rings. The number of carbonyl (C=O) groups is 2. The van der Waals surface area contributed by atoms with Crippen LogP contribution in [-0.2, 0) is 20.7 Å². The van der Waals surface area contributed by atoms with E-state index in [1.54, 1.807) is 0 Å². The fourth-order valence-corrected chi connectivity index (χ4v) is 4.94. The fraction of sp³-hybridized carbons (Fsp3) is 0.250. The highest BCUT2D eigenvalue weighted by atomic mass is 16.5. The average molecular weight is 538 g/mol. The second-order valence-corrected chi connectivity index (χ2v) is 9.73. The number of nitrogens with zero attached hydrogens (tertiary/aromatic N) is 2. The normalized spacial score (nSPS) is 12.6. The molecule has 0 fully saturated rings. The highest BCUT2D eigenvalue weighted by Crippen LogP contribution is 2.32. The maximum Gasteiger partial charge on any atom is 0.328 e. The zero-order valence-electron chi connectivity index (χ0n) is 22.9. The molecule has 1 aliphatic carbocycles. The van der Waals surface area contributed by atoms with E-state index >= 15 is 0 Å². The molecule has 1 heterocycles. The summed E-state index contributed by atoms with van der Waals surface area (Å²) in [4.78, 5) is 34.6. The van der Waals surface area contributed by atoms with Crippen molar-refractivity contribution in [3.63, 3.8) is 0 Å². The van der Waals surface area contributed by atoms with Gasteiger partial charge in [-0.3, -0.25) is 9.79 Å². The van der Waals surface area contributed by atoms with Crippen molar-refractivity contribution in [2.75, 3.05) is 20.2 Å². The Morgan fingerprint density at radius 3 is 2.55 bits per heavy atom. The number of aromatic nitrogens is 1. The minimum atomic E-state index is -0.743. The van der Waals surface area contributed by atoms with Gasteiger partial charge in [0.15, 0.2) is 11.3 Å². The van der Waals surface area contributed by atoms with Gasteiger partial charge in [0.25, 0.3) is 0 Å². The first-order valence-corrected chi connectivity index (χ1v) is 13.5. The molecule has 0 bridgehead atoms. The second-order valence-electron chi connectivity index (χ2n) is 9.73. The molecule has 0 unspecified atom stereocenters. The summed E-state index contributed by atoms with van der Waals surface area (Å²) in [5.41, 5.74) is 5.21. The molecule has 0 spiro atoms. The van der Waals surface area contributed by atoms with E-state index in [0.29, 0.717) is 30.9 Å². The summed E-state index contributed by atoms with van der Waals surface area (Å²) >= 11 is 0. The van der Waals surface area contributed by atoms with Gasteiger partial charge in [-0.2, -0.15) is 0 Å². The zero-order valence-corrected chi connectivity index (χ0v) is 22.9. The van der Waals surface area contributed by atoms with Crippen molar-refractivity contribution in [1.29, 1.82) is 0 Å². The van der Waals surface area contributed by atoms with Crippen LogP contribution in [0.15, 0.2) is 82.2 Å². The van der Waals surface area contributed by atoms with Crippen molar-refractivity contribution in [3.05, 3.63) is 89.3 Å². The minimum absolute atomic E-state index is 0.215. The van der Waals surface area contributed by atoms with Gasteiger partial charge in [-0.1, -0.05) is 48.5 Å². The van der Waals surface area contributed by atoms with Crippen molar-refractivity contribution in [1.82, 2.24) is 10.3 Å². The van der Waals surface area contributed by atoms with E-state index in [2.05, 4.69) is 10.3 Å². The fourth-order valence-electron chi connectivity index (χ4n) is 4.94. The molecule has 8 heteroatoms. The Balaban J connectivity index is 1.37. The lowest BCUT2D eigenvalue weighted by molar-refractivity contribution is -0.568. The summed E-state index contributed by atoms with van der Waals surface area (Å²) < 4.78 is 11.3. The first-order valence-electron chi connectivity index (χ1n) is 13.5. The lowest BCUT2D eigenvalue weighted by atomic mass is 10.1. The molecule has 3 N–H and O–H groups in total. The van der Waals surface area contributed by atoms with Crippen molar-refractivity contribution in [3.8, 4) is 11.5 Å². The minimum Gasteiger partial charge on any atom is -0.467 e. The highest BCUT2D eigenvalue weighted by Gasteiger charge is 2.22. The lowest BCUT2D eigenvalue weighted by Crippen LogP contribution is -2.78. The third kappa shape index (κ3) is 5.87. The van der Waals surface area contributed by atoms with Crippen LogP contribution in [0.5, 0.6) is 0 Å². The van der Waals surface area contributed by atoms with Crippen molar-refractivity contribution < 1.29 is 24.1 Å². The number of esters is 1. The summed E-state index contributed by atoms with van der Waals surface area (Å²) in [6, 6.07) is 22.8. The molecule has 0 aromatic heterocycles. The number of carbonyl (C=O) groups excluding carboxylic acids is 2. The number of ether oxygens (including phenoxy) is 1. The van der Waals surface area contributed by atoms with Crippen LogP contribution in [0.1, 0.15) is 24.5 Å². The van der Waals surface area contributed by atoms with Crippen molar-refractivity contribution in [2.24, 2.45) is 4.99 Å². The molecule has 1 amide bonds. The third-order valence-electron chi connectivity index (χ3n) is 6.91. The largest absolute Gasteiger partial charge is 0.467 e. The number of nitrogens with two attached hydrogens (primary N) is 1. The highest BCUT2D eigenvalue weighted by molar-refractivity contribution is 6.08. The molecule has 3 aromatic rings. The van der Waals surface area contributed by atoms with E-state index in [-0.39, 0.29) is 12.3 Å². The molecule has 204 valence electrons. The van der Waals surface area contributed by atoms with E-state index < -0.39 is 12.0 Å². The van der Waals surface area contributed by atoms with Crippen molar-refractivity contribution >= 4 is 39.4 Å². The number of rotatable bonds is 9. The summed E-state index contributed by atoms with van der Waals surface area (Å²) in [6.07, 6.45) is 0.594. The number of hydrogen-bond donors (Lipinski definition) is 2. The number of nitrogens with one attached hydrogen (secondary N) is 1. The number of amides is 1. The number of methoxy groups -OCH3 is 1. The van der Waals surface area contributed by atoms with E-state index in [9.17, 15) is 9.59 Å². The Morgan fingerprint density at radius 2 is 1.80 bits per heavy atom. The average Bonchev–Trinajstić information content (AvgIpc) is 2.97. The summed E-state index contributed by atoms with van der Waals surface area (Å²) in [5, 5.41) is 7.78. The van der Waals surface area contributed by atoms with Gasteiger partial charge in [0.1, 0.15) is 22.9 Å². The van der Waals surface area contributed by atoms with Crippen LogP contribution in [0.25, 0.3) is 33.3 Å². The topological polar surface area (TPSA) is 110 Å². The van der Waals surface area contributed by atoms with E-state index in [1.165, 1.54) is 7.11 Å². The Kier molecular flexibility index (Phi) is 8.17. The SMILES string of the molecule is CCN=c1cc2oc3cc([NH2+]CCC(=O)N[C@@H](Cc4ccccc4)C(=O)OC)c4ccccc4c3nc-2cc1C. The van der Waals surface area contributed by atoms with Gasteiger partial charge in [0.05, 0.1) is 25.4 Å². The maximum atomic E-state index is 12.8. The molecule has 0 saturated carbocycles. The number of fused-ring (bicyclic) bond motifs is 4. The van der Waals surface area contributed by atoms with Crippen LogP contribution in [0.4, 0.5) is 5.69 Å². The van der Waals surface area contributed by atoms with Gasteiger partial charge in [0.2, 0.25) is 5.91 Å². The molecule has 1 aliphatic heterocycles. The Hall–Kier alpha value is -4.56. The smallest absolute Gasteiger partial charge is 0.328 e. The molecular formula is C32H33N4O4+. The Bertz CT molecular complexity index is 1710. The van der Waals surface area contributed by atoms with Gasteiger partial charge in [-0.05, 0) is 37.1 Å². The number of hydrogen-bond acceptors (Lipinski definition) is 6. The van der Waals surface area contributed by atoms with Crippen LogP contribution in [0.3, 0.4) is 0 Å². The van der Waals surface area contributed by atoms with Gasteiger partial charge in [-0.25, -0.2) is 9.78 Å². The monoisotopic (exact) mass is 537 g/mol. The van der Waals surface area contributed by atoms with Crippen molar-refractivity contribution in [2.45, 2.75) is 32.7 Å². The molecule has 0 saturated heterocycles. The van der Waals surface area contributed by atoms with Crippen LogP contribution in [0, 0.1) is 6.92 Å². The maximum absolute atomic E-state index is 12.8. The molecule has 40 heavy (non-hydrogen) atoms. The second kappa shape index (κ2) is 12.1. The molecule has 5 rings (SSSR count). The number of benzene rings is 4. The predicted octanol–water partition coefficient (Wildman–Crippen LogP) is 3.80. The molecule has 1 atom stereocenters. The first-order chi connectivity index (χ1) is 19.5. The van der Waals surface area contributed by atoms with Gasteiger partial charge >= 0.3 is 5.97 Å². The molecule has 8 nitrogen and oxygen atoms in total. The van der Waals surface area contributed by atoms with E-state index in [4.69, 9.17) is 14.1 Å². The Labute approximate surface area is 232 Å². The number of aryl methyl sites for hydroxylation is 1. The van der Waals surface area contributed by atoms with Crippen LogP contribution >= 0.6 is 0 Å². The standard InChI is InChI=1S/C32H32N4O4/c1-4-33-24-18-28-26(16-20(24)2)36-31-23-13-9-8-12-22(23)25(19-29(31)40-28)34-15-14-30(37)35-27(32(38)39-3)17-21-10-6-5-7-11-21/h5-13,16,18-19,27,34H,4,14-15,17H2,1-3H3,(H,35,37)/p+1/t27-/m0/s1. The number of quaternary nitrogens is 1. The summed E-state index contributed by atoms with van der Waals surface area (Å²) in [7, 11) is 1.33. The van der Waals surface area contributed by atoms with Gasteiger partial charge < -0.3 is 19.8 Å². The summed E-state index contributed by atoms with van der Waals surface area (Å²) in [6.45, 7) is 5.21. The third-order valence-corrected chi connectivity index (χ3v) is 6.91. The van der Waals surface area contributed by atoms with Gasteiger partial charge in [-0.15, -0.1) is 0 Å². The van der Waals surface area contributed by atoms with Crippen LogP contribution < -0.4 is 16.0 Å². The molecular weight excluding hydrogens is 504 g/mol. The zero-order chi connectivity index (χ0) is 28.1. The molecule has 3 aromatic carbocycles. The van der Waals surface area contributed by atoms with Crippen LogP contribution in [0.2, 0.25) is 0 Å². The Morgan fingerprint density at radius 1 is 1.05 bits per heavy atom.